The van der Waals surface area contributed by atoms with Gasteiger partial charge >= 0.3 is 5.97 Å². The average molecular weight is 392 g/mol. The number of hydrogen-bond donors (Lipinski definition) is 0. The van der Waals surface area contributed by atoms with Gasteiger partial charge in [-0.25, -0.2) is 18.2 Å². The lowest BCUT2D eigenvalue weighted by Gasteiger charge is -2.03. The number of carbonyl (C=O) groups excluding carboxylic acids is 1. The number of hydrogen-bond acceptors (Lipinski definition) is 6. The molecule has 0 aliphatic carbocycles. The molecule has 0 saturated heterocycles. The summed E-state index contributed by atoms with van der Waals surface area (Å²) in [4.78, 5) is 16.0. The zero-order valence-electron chi connectivity index (χ0n) is 13.9. The fraction of sp³-hybridized carbons (Fsp3) is 0.111. The zero-order valence-corrected chi connectivity index (χ0v) is 15.5. The van der Waals surface area contributed by atoms with Crippen LogP contribution in [0.15, 0.2) is 62.9 Å². The normalized spacial score (nSPS) is 11.3. The Morgan fingerprint density at radius 3 is 2.27 bits per heavy atom. The molecule has 3 rings (SSSR count). The second-order valence-electron chi connectivity index (χ2n) is 5.47. The molecule has 3 aromatic rings. The summed E-state index contributed by atoms with van der Waals surface area (Å²) in [5.74, 6) is -0.891. The Balaban J connectivity index is 2.17. The van der Waals surface area contributed by atoms with Gasteiger partial charge in [0.15, 0.2) is 0 Å². The van der Waals surface area contributed by atoms with Crippen LogP contribution in [0.5, 0.6) is 0 Å². The Labute approximate surface area is 155 Å². The lowest BCUT2D eigenvalue weighted by Crippen LogP contribution is -2.10. The van der Waals surface area contributed by atoms with Crippen molar-refractivity contribution in [1.29, 1.82) is 0 Å². The molecule has 0 aliphatic rings. The van der Waals surface area contributed by atoms with Crippen LogP contribution in [0.1, 0.15) is 16.1 Å². The van der Waals surface area contributed by atoms with Gasteiger partial charge in [0.25, 0.3) is 5.09 Å². The minimum absolute atomic E-state index is 0.0120. The van der Waals surface area contributed by atoms with E-state index in [0.29, 0.717) is 10.6 Å². The number of rotatable bonds is 4. The first kappa shape index (κ1) is 18.2. The number of oxazole rings is 1. The fourth-order valence-corrected chi connectivity index (χ4v) is 3.66. The van der Waals surface area contributed by atoms with Gasteiger partial charge in [-0.3, -0.25) is 0 Å². The topological polar surface area (TPSA) is 86.5 Å². The predicted octanol–water partition coefficient (Wildman–Crippen LogP) is 3.92. The largest absolute Gasteiger partial charge is 0.464 e. The van der Waals surface area contributed by atoms with Crippen LogP contribution in [0.25, 0.3) is 11.5 Å². The highest BCUT2D eigenvalue weighted by atomic mass is 35.5. The van der Waals surface area contributed by atoms with Gasteiger partial charge in [0, 0.05) is 10.6 Å². The van der Waals surface area contributed by atoms with Gasteiger partial charge in [-0.2, -0.15) is 0 Å². The Hall–Kier alpha value is -2.64. The smallest absolute Gasteiger partial charge is 0.361 e. The van der Waals surface area contributed by atoms with E-state index in [-0.39, 0.29) is 10.8 Å². The summed E-state index contributed by atoms with van der Waals surface area (Å²) < 4.78 is 35.9. The lowest BCUT2D eigenvalue weighted by atomic mass is 10.1. The van der Waals surface area contributed by atoms with E-state index in [4.69, 9.17) is 16.0 Å². The molecule has 1 heterocycles. The quantitative estimate of drug-likeness (QED) is 0.626. The molecule has 0 N–H and O–H groups in total. The Bertz CT molecular complexity index is 1050. The van der Waals surface area contributed by atoms with Crippen LogP contribution in [-0.4, -0.2) is 26.5 Å². The number of carbonyl (C=O) groups is 1. The Kier molecular flexibility index (Phi) is 4.84. The van der Waals surface area contributed by atoms with Crippen molar-refractivity contribution in [2.75, 3.05) is 7.11 Å². The molecule has 0 spiro atoms. The van der Waals surface area contributed by atoms with Crippen molar-refractivity contribution in [2.24, 2.45) is 0 Å². The summed E-state index contributed by atoms with van der Waals surface area (Å²) >= 11 is 5.80. The molecule has 2 aromatic carbocycles. The van der Waals surface area contributed by atoms with E-state index in [1.165, 1.54) is 24.3 Å². The number of esters is 1. The van der Waals surface area contributed by atoms with Crippen LogP contribution in [-0.2, 0) is 14.6 Å². The number of sulfone groups is 1. The molecule has 0 radical (unpaired) electrons. The SMILES string of the molecule is COC(=O)c1nc(-c2ccc(C)cc2)oc1S(=O)(=O)c1ccc(Cl)cc1. The van der Waals surface area contributed by atoms with Crippen LogP contribution in [0.2, 0.25) is 5.02 Å². The van der Waals surface area contributed by atoms with E-state index >= 15 is 0 Å². The molecule has 26 heavy (non-hydrogen) atoms. The van der Waals surface area contributed by atoms with Crippen LogP contribution in [0.4, 0.5) is 0 Å². The minimum atomic E-state index is -4.13. The van der Waals surface area contributed by atoms with Crippen molar-refractivity contribution < 1.29 is 22.4 Å². The molecule has 0 aliphatic heterocycles. The number of halogens is 1. The first-order valence-electron chi connectivity index (χ1n) is 7.50. The third-order valence-electron chi connectivity index (χ3n) is 3.64. The van der Waals surface area contributed by atoms with Crippen LogP contribution >= 0.6 is 11.6 Å². The van der Waals surface area contributed by atoms with Crippen molar-refractivity contribution in [3.8, 4) is 11.5 Å². The fourth-order valence-electron chi connectivity index (χ4n) is 2.25. The van der Waals surface area contributed by atoms with E-state index in [9.17, 15) is 13.2 Å². The van der Waals surface area contributed by atoms with Crippen LogP contribution in [0.3, 0.4) is 0 Å². The summed E-state index contributed by atoms with van der Waals surface area (Å²) in [6.45, 7) is 1.91. The van der Waals surface area contributed by atoms with Crippen LogP contribution < -0.4 is 0 Å². The van der Waals surface area contributed by atoms with Gasteiger partial charge in [-0.15, -0.1) is 0 Å². The van der Waals surface area contributed by atoms with Gasteiger partial charge < -0.3 is 9.15 Å². The number of nitrogens with zero attached hydrogens (tertiary/aromatic N) is 1. The van der Waals surface area contributed by atoms with Gasteiger partial charge in [0.2, 0.25) is 21.4 Å². The second kappa shape index (κ2) is 6.93. The molecule has 0 fully saturated rings. The summed E-state index contributed by atoms with van der Waals surface area (Å²) in [6.07, 6.45) is 0. The van der Waals surface area contributed by atoms with Crippen LogP contribution in [0, 0.1) is 6.92 Å². The molecule has 0 saturated carbocycles. The van der Waals surface area contributed by atoms with E-state index in [2.05, 4.69) is 9.72 Å². The highest BCUT2D eigenvalue weighted by molar-refractivity contribution is 7.91. The Morgan fingerprint density at radius 2 is 1.69 bits per heavy atom. The summed E-state index contributed by atoms with van der Waals surface area (Å²) in [5, 5.41) is -0.183. The molecule has 6 nitrogen and oxygen atoms in total. The lowest BCUT2D eigenvalue weighted by molar-refractivity contribution is 0.0587. The molecule has 0 atom stereocenters. The molecule has 0 unspecified atom stereocenters. The number of benzene rings is 2. The van der Waals surface area contributed by atoms with Gasteiger partial charge in [-0.1, -0.05) is 29.3 Å². The first-order chi connectivity index (χ1) is 12.3. The summed E-state index contributed by atoms with van der Waals surface area (Å²) in [7, 11) is -2.99. The molecular formula is C18H14ClNO5S. The number of aromatic nitrogens is 1. The average Bonchev–Trinajstić information content (AvgIpc) is 3.08. The van der Waals surface area contributed by atoms with Crippen molar-refractivity contribution in [3.05, 3.63) is 64.8 Å². The maximum atomic E-state index is 12.9. The molecular weight excluding hydrogens is 378 g/mol. The van der Waals surface area contributed by atoms with Gasteiger partial charge in [0.1, 0.15) is 0 Å². The third kappa shape index (κ3) is 3.36. The monoisotopic (exact) mass is 391 g/mol. The second-order valence-corrected chi connectivity index (χ2v) is 7.76. The van der Waals surface area contributed by atoms with E-state index in [1.54, 1.807) is 12.1 Å². The minimum Gasteiger partial charge on any atom is -0.464 e. The van der Waals surface area contributed by atoms with Crippen molar-refractivity contribution in [1.82, 2.24) is 4.98 Å². The molecule has 134 valence electrons. The number of aryl methyl sites for hydroxylation is 1. The zero-order chi connectivity index (χ0) is 18.9. The van der Waals surface area contributed by atoms with Crippen molar-refractivity contribution in [3.63, 3.8) is 0 Å². The summed E-state index contributed by atoms with van der Waals surface area (Å²) in [5.41, 5.74) is 1.15. The van der Waals surface area contributed by atoms with E-state index < -0.39 is 26.6 Å². The van der Waals surface area contributed by atoms with E-state index in [1.807, 2.05) is 19.1 Å². The summed E-state index contributed by atoms with van der Waals surface area (Å²) in [6, 6.07) is 12.6. The predicted molar refractivity (Wildman–Crippen MR) is 94.9 cm³/mol. The standard InChI is InChI=1S/C18H14ClNO5S/c1-11-3-5-12(6-4-11)16-20-15(17(21)24-2)18(25-16)26(22,23)14-9-7-13(19)8-10-14/h3-10H,1-2H3. The first-order valence-corrected chi connectivity index (χ1v) is 9.36. The molecule has 1 aromatic heterocycles. The van der Waals surface area contributed by atoms with Gasteiger partial charge in [-0.05, 0) is 43.3 Å². The molecule has 0 bridgehead atoms. The Morgan fingerprint density at radius 1 is 1.08 bits per heavy atom. The number of ether oxygens (including phenoxy) is 1. The highest BCUT2D eigenvalue weighted by Crippen LogP contribution is 2.30. The maximum Gasteiger partial charge on any atom is 0.361 e. The van der Waals surface area contributed by atoms with E-state index in [0.717, 1.165) is 12.7 Å². The third-order valence-corrected chi connectivity index (χ3v) is 5.55. The highest BCUT2D eigenvalue weighted by Gasteiger charge is 2.32. The molecule has 0 amide bonds. The molecule has 8 heteroatoms. The maximum absolute atomic E-state index is 12.9. The number of methoxy groups -OCH3 is 1. The van der Waals surface area contributed by atoms with Gasteiger partial charge in [0.05, 0.1) is 12.0 Å². The van der Waals surface area contributed by atoms with Crippen molar-refractivity contribution in [2.45, 2.75) is 16.9 Å². The van der Waals surface area contributed by atoms with Crippen molar-refractivity contribution >= 4 is 27.4 Å².